The van der Waals surface area contributed by atoms with E-state index < -0.39 is 0 Å². The molecule has 0 saturated carbocycles. The molecule has 0 amide bonds. The van der Waals surface area contributed by atoms with Crippen molar-refractivity contribution in [2.75, 3.05) is 31.1 Å². The number of likely N-dealkylation sites (N-methyl/N-ethyl adjacent to an activating group) is 1. The van der Waals surface area contributed by atoms with Crippen LogP contribution in [0.15, 0.2) is 12.4 Å². The molecule has 0 bridgehead atoms. The maximum absolute atomic E-state index is 5.53. The molecule has 5 heteroatoms. The summed E-state index contributed by atoms with van der Waals surface area (Å²) < 4.78 is 5.53. The number of hydrogen-bond donors (Lipinski definition) is 1. The summed E-state index contributed by atoms with van der Waals surface area (Å²) in [5, 5.41) is 3.28. The lowest BCUT2D eigenvalue weighted by Gasteiger charge is -2.38. The number of nitrogens with zero attached hydrogens (tertiary/aromatic N) is 3. The van der Waals surface area contributed by atoms with Crippen molar-refractivity contribution >= 4 is 5.82 Å². The number of ether oxygens (including phenoxy) is 1. The van der Waals surface area contributed by atoms with Gasteiger partial charge >= 0.3 is 0 Å². The molecule has 0 atom stereocenters. The van der Waals surface area contributed by atoms with Gasteiger partial charge in [-0.15, -0.1) is 0 Å². The second kappa shape index (κ2) is 5.82. The van der Waals surface area contributed by atoms with E-state index in [4.69, 9.17) is 4.74 Å². The lowest BCUT2D eigenvalue weighted by Crippen LogP contribution is -2.57. The second-order valence-corrected chi connectivity index (χ2v) is 4.16. The minimum absolute atomic E-state index is 0.550. The highest BCUT2D eigenvalue weighted by Gasteiger charge is 2.24. The van der Waals surface area contributed by atoms with Gasteiger partial charge in [-0.25, -0.2) is 9.97 Å². The van der Waals surface area contributed by atoms with Gasteiger partial charge in [0.1, 0.15) is 12.1 Å². The van der Waals surface area contributed by atoms with Gasteiger partial charge in [0.15, 0.2) is 0 Å². The van der Waals surface area contributed by atoms with Gasteiger partial charge in [-0.3, -0.25) is 0 Å². The summed E-state index contributed by atoms with van der Waals surface area (Å²) in [4.78, 5) is 10.7. The fourth-order valence-corrected chi connectivity index (χ4v) is 1.87. The predicted molar refractivity (Wildman–Crippen MR) is 67.5 cm³/mol. The number of aromatic nitrogens is 2. The predicted octanol–water partition coefficient (Wildman–Crippen LogP) is 1.06. The highest BCUT2D eigenvalue weighted by Crippen LogP contribution is 2.19. The summed E-state index contributed by atoms with van der Waals surface area (Å²) in [5.41, 5.74) is 0. The van der Waals surface area contributed by atoms with Gasteiger partial charge in [0.25, 0.3) is 0 Å². The summed E-state index contributed by atoms with van der Waals surface area (Å²) >= 11 is 0. The monoisotopic (exact) mass is 236 g/mol. The van der Waals surface area contributed by atoms with Crippen molar-refractivity contribution in [2.24, 2.45) is 0 Å². The fraction of sp³-hybridized carbons (Fsp3) is 0.667. The van der Waals surface area contributed by atoms with E-state index in [2.05, 4.69) is 34.0 Å². The molecule has 0 aromatic carbocycles. The van der Waals surface area contributed by atoms with Gasteiger partial charge in [-0.05, 0) is 13.3 Å². The first kappa shape index (κ1) is 12.1. The lowest BCUT2D eigenvalue weighted by atomic mass is 10.1. The Balaban J connectivity index is 2.07. The largest absolute Gasteiger partial charge is 0.478 e. The van der Waals surface area contributed by atoms with E-state index >= 15 is 0 Å². The molecule has 0 radical (unpaired) electrons. The topological polar surface area (TPSA) is 50.3 Å². The van der Waals surface area contributed by atoms with E-state index in [1.54, 1.807) is 6.33 Å². The molecule has 1 saturated heterocycles. The fourth-order valence-electron chi connectivity index (χ4n) is 1.87. The molecule has 17 heavy (non-hydrogen) atoms. The number of anilines is 1. The van der Waals surface area contributed by atoms with Gasteiger partial charge in [0.2, 0.25) is 5.88 Å². The zero-order valence-corrected chi connectivity index (χ0v) is 10.5. The Hall–Kier alpha value is -1.36. The number of rotatable bonds is 6. The van der Waals surface area contributed by atoms with Gasteiger partial charge in [0.05, 0.1) is 12.6 Å². The Morgan fingerprint density at radius 1 is 1.41 bits per heavy atom. The molecule has 1 aliphatic rings. The molecule has 1 aliphatic heterocycles. The van der Waals surface area contributed by atoms with Crippen molar-refractivity contribution in [1.82, 2.24) is 15.3 Å². The van der Waals surface area contributed by atoms with Crippen LogP contribution in [0, 0.1) is 0 Å². The Morgan fingerprint density at radius 2 is 2.24 bits per heavy atom. The minimum Gasteiger partial charge on any atom is -0.478 e. The maximum Gasteiger partial charge on any atom is 0.218 e. The zero-order valence-electron chi connectivity index (χ0n) is 10.5. The Morgan fingerprint density at radius 3 is 2.82 bits per heavy atom. The molecule has 1 N–H and O–H groups in total. The van der Waals surface area contributed by atoms with Crippen molar-refractivity contribution in [3.05, 3.63) is 12.4 Å². The summed E-state index contributed by atoms with van der Waals surface area (Å²) in [6, 6.07) is 2.48. The highest BCUT2D eigenvalue weighted by molar-refractivity contribution is 5.42. The molecular weight excluding hydrogens is 216 g/mol. The van der Waals surface area contributed by atoms with Crippen LogP contribution >= 0.6 is 0 Å². The highest BCUT2D eigenvalue weighted by atomic mass is 16.5. The third-order valence-corrected chi connectivity index (χ3v) is 2.92. The van der Waals surface area contributed by atoms with Crippen molar-refractivity contribution in [2.45, 2.75) is 26.3 Å². The van der Waals surface area contributed by atoms with Crippen LogP contribution in [0.4, 0.5) is 5.82 Å². The Bertz CT molecular complexity index is 354. The van der Waals surface area contributed by atoms with Crippen LogP contribution in [-0.2, 0) is 0 Å². The maximum atomic E-state index is 5.53. The average molecular weight is 236 g/mol. The Labute approximate surface area is 102 Å². The van der Waals surface area contributed by atoms with Crippen LogP contribution in [0.5, 0.6) is 5.88 Å². The lowest BCUT2D eigenvalue weighted by molar-refractivity contribution is 0.304. The van der Waals surface area contributed by atoms with Crippen LogP contribution in [0.25, 0.3) is 0 Å². The number of nitrogens with one attached hydrogen (secondary N) is 1. The van der Waals surface area contributed by atoms with Gasteiger partial charge < -0.3 is 15.0 Å². The van der Waals surface area contributed by atoms with Crippen LogP contribution < -0.4 is 15.0 Å². The SMILES string of the molecule is CCCOc1cc(N(CC)C2CNC2)ncn1. The van der Waals surface area contributed by atoms with Crippen molar-refractivity contribution in [3.8, 4) is 5.88 Å². The van der Waals surface area contributed by atoms with Gasteiger partial charge in [-0.2, -0.15) is 0 Å². The molecule has 1 aromatic heterocycles. The molecule has 1 aromatic rings. The minimum atomic E-state index is 0.550. The first-order valence-corrected chi connectivity index (χ1v) is 6.27. The molecule has 0 aliphatic carbocycles. The second-order valence-electron chi connectivity index (χ2n) is 4.16. The molecule has 5 nitrogen and oxygen atoms in total. The van der Waals surface area contributed by atoms with Crippen LogP contribution in [0.1, 0.15) is 20.3 Å². The van der Waals surface area contributed by atoms with E-state index in [0.29, 0.717) is 18.5 Å². The van der Waals surface area contributed by atoms with Gasteiger partial charge in [0, 0.05) is 25.7 Å². The standard InChI is InChI=1S/C12H20N4O/c1-3-5-17-12-6-11(14-9-15-12)16(4-2)10-7-13-8-10/h6,9-10,13H,3-5,7-8H2,1-2H3. The molecule has 0 spiro atoms. The summed E-state index contributed by atoms with van der Waals surface area (Å²) in [5.74, 6) is 1.63. The zero-order chi connectivity index (χ0) is 12.1. The smallest absolute Gasteiger partial charge is 0.218 e. The van der Waals surface area contributed by atoms with Crippen molar-refractivity contribution in [1.29, 1.82) is 0 Å². The molecule has 2 heterocycles. The van der Waals surface area contributed by atoms with E-state index in [1.807, 2.05) is 6.07 Å². The molecule has 1 fully saturated rings. The van der Waals surface area contributed by atoms with E-state index in [9.17, 15) is 0 Å². The van der Waals surface area contributed by atoms with E-state index in [-0.39, 0.29) is 0 Å². The van der Waals surface area contributed by atoms with Gasteiger partial charge in [-0.1, -0.05) is 6.92 Å². The summed E-state index contributed by atoms with van der Waals surface area (Å²) in [7, 11) is 0. The summed E-state index contributed by atoms with van der Waals surface area (Å²) in [6.07, 6.45) is 2.57. The molecule has 0 unspecified atom stereocenters. The molecular formula is C12H20N4O. The Kier molecular flexibility index (Phi) is 4.14. The van der Waals surface area contributed by atoms with Crippen LogP contribution in [0.2, 0.25) is 0 Å². The third kappa shape index (κ3) is 2.85. The quantitative estimate of drug-likeness (QED) is 0.800. The van der Waals surface area contributed by atoms with Crippen LogP contribution in [-0.4, -0.2) is 42.3 Å². The molecule has 94 valence electrons. The molecule has 2 rings (SSSR count). The summed E-state index contributed by atoms with van der Waals surface area (Å²) in [6.45, 7) is 7.95. The first-order valence-electron chi connectivity index (χ1n) is 6.27. The van der Waals surface area contributed by atoms with Crippen molar-refractivity contribution in [3.63, 3.8) is 0 Å². The van der Waals surface area contributed by atoms with Crippen LogP contribution in [0.3, 0.4) is 0 Å². The van der Waals surface area contributed by atoms with Crippen molar-refractivity contribution < 1.29 is 4.74 Å². The average Bonchev–Trinajstić information content (AvgIpc) is 2.31. The number of hydrogen-bond acceptors (Lipinski definition) is 5. The third-order valence-electron chi connectivity index (χ3n) is 2.92. The normalized spacial score (nSPS) is 15.4. The first-order chi connectivity index (χ1) is 8.35. The van der Waals surface area contributed by atoms with E-state index in [1.165, 1.54) is 0 Å². The van der Waals surface area contributed by atoms with E-state index in [0.717, 1.165) is 31.9 Å².